The summed E-state index contributed by atoms with van der Waals surface area (Å²) in [7, 11) is -4.12. The van der Waals surface area contributed by atoms with E-state index in [1.807, 2.05) is 0 Å². The molecule has 1 aliphatic carbocycles. The van der Waals surface area contributed by atoms with Crippen LogP contribution in [0.4, 0.5) is 31.5 Å². The zero-order chi connectivity index (χ0) is 25.9. The largest absolute Gasteiger partial charge is 0.406 e. The third kappa shape index (κ3) is 3.90. The SMILES string of the molecule is CC(c1ccc(C2(S(=O)(=O)c3ccccc3)CCc3nc(N)sc3C2)cc1)(C(F)(F)F)C(F)(F)F. The van der Waals surface area contributed by atoms with Crippen LogP contribution >= 0.6 is 11.3 Å². The van der Waals surface area contributed by atoms with E-state index in [9.17, 15) is 34.8 Å². The number of alkyl halides is 6. The molecular weight excluding hydrogens is 514 g/mol. The Labute approximate surface area is 201 Å². The highest BCUT2D eigenvalue weighted by molar-refractivity contribution is 7.92. The van der Waals surface area contributed by atoms with Crippen LogP contribution in [-0.4, -0.2) is 25.8 Å². The summed E-state index contributed by atoms with van der Waals surface area (Å²) in [6, 6.07) is 11.1. The molecule has 1 aromatic heterocycles. The van der Waals surface area contributed by atoms with E-state index < -0.39 is 37.9 Å². The van der Waals surface area contributed by atoms with Gasteiger partial charge in [0.1, 0.15) is 4.75 Å². The molecule has 1 aliphatic rings. The Morgan fingerprint density at radius 2 is 1.51 bits per heavy atom. The van der Waals surface area contributed by atoms with Crippen molar-refractivity contribution in [3.63, 3.8) is 0 Å². The van der Waals surface area contributed by atoms with Crippen molar-refractivity contribution in [2.24, 2.45) is 0 Å². The summed E-state index contributed by atoms with van der Waals surface area (Å²) in [5, 5.41) is 0.254. The number of aromatic nitrogens is 1. The summed E-state index contributed by atoms with van der Waals surface area (Å²) in [6.07, 6.45) is -11.0. The van der Waals surface area contributed by atoms with Crippen molar-refractivity contribution < 1.29 is 34.8 Å². The van der Waals surface area contributed by atoms with Crippen LogP contribution in [0, 0.1) is 0 Å². The predicted octanol–water partition coefficient (Wildman–Crippen LogP) is 5.97. The lowest BCUT2D eigenvalue weighted by molar-refractivity contribution is -0.297. The van der Waals surface area contributed by atoms with E-state index in [0.717, 1.165) is 35.6 Å². The van der Waals surface area contributed by atoms with Gasteiger partial charge in [-0.25, -0.2) is 13.4 Å². The number of nitrogens with two attached hydrogens (primary N) is 1. The lowest BCUT2D eigenvalue weighted by atomic mass is 9.78. The Kier molecular flexibility index (Phi) is 5.99. The lowest BCUT2D eigenvalue weighted by Crippen LogP contribution is -2.51. The summed E-state index contributed by atoms with van der Waals surface area (Å²) in [5.74, 6) is 0. The monoisotopic (exact) mass is 534 g/mol. The third-order valence-electron chi connectivity index (χ3n) is 6.70. The molecule has 3 aromatic rings. The number of sulfone groups is 1. The molecule has 4 rings (SSSR count). The molecule has 12 heteroatoms. The fraction of sp³-hybridized carbons (Fsp3) is 0.348. The number of aryl methyl sites for hydroxylation is 1. The molecule has 35 heavy (non-hydrogen) atoms. The van der Waals surface area contributed by atoms with Crippen molar-refractivity contribution >= 4 is 26.3 Å². The predicted molar refractivity (Wildman–Crippen MR) is 120 cm³/mol. The van der Waals surface area contributed by atoms with Gasteiger partial charge in [0.15, 0.2) is 20.4 Å². The van der Waals surface area contributed by atoms with E-state index in [0.29, 0.717) is 10.6 Å². The first-order valence-electron chi connectivity index (χ1n) is 10.4. The molecule has 0 saturated heterocycles. The Bertz CT molecular complexity index is 1320. The number of fused-ring (bicyclic) bond motifs is 1. The Morgan fingerprint density at radius 1 is 0.943 bits per heavy atom. The molecule has 188 valence electrons. The van der Waals surface area contributed by atoms with Crippen LogP contribution < -0.4 is 5.73 Å². The summed E-state index contributed by atoms with van der Waals surface area (Å²) in [4.78, 5) is 4.84. The minimum Gasteiger partial charge on any atom is -0.375 e. The van der Waals surface area contributed by atoms with Crippen LogP contribution in [0.25, 0.3) is 0 Å². The van der Waals surface area contributed by atoms with Crippen LogP contribution in [0.2, 0.25) is 0 Å². The van der Waals surface area contributed by atoms with Crippen LogP contribution in [-0.2, 0) is 32.8 Å². The Hall–Kier alpha value is -2.60. The molecule has 0 aliphatic heterocycles. The first kappa shape index (κ1) is 25.5. The van der Waals surface area contributed by atoms with Gasteiger partial charge in [0.05, 0.1) is 10.6 Å². The molecule has 0 spiro atoms. The fourth-order valence-corrected chi connectivity index (χ4v) is 7.66. The quantitative estimate of drug-likeness (QED) is 0.419. The number of halogens is 6. The van der Waals surface area contributed by atoms with Gasteiger partial charge in [-0.2, -0.15) is 26.3 Å². The van der Waals surface area contributed by atoms with Gasteiger partial charge in [0.2, 0.25) is 0 Å². The molecule has 2 N–H and O–H groups in total. The second kappa shape index (κ2) is 8.22. The molecule has 1 atom stereocenters. The van der Waals surface area contributed by atoms with Crippen molar-refractivity contribution in [2.75, 3.05) is 5.73 Å². The summed E-state index contributed by atoms with van der Waals surface area (Å²) < 4.78 is 108. The molecule has 1 unspecified atom stereocenters. The number of rotatable bonds is 4. The maximum atomic E-state index is 13.9. The molecule has 0 radical (unpaired) electrons. The first-order chi connectivity index (χ1) is 16.1. The number of anilines is 1. The molecule has 1 heterocycles. The average molecular weight is 535 g/mol. The summed E-state index contributed by atoms with van der Waals surface area (Å²) in [6.45, 7) is 0.0749. The van der Waals surface area contributed by atoms with Crippen molar-refractivity contribution in [3.05, 3.63) is 76.3 Å². The normalized spacial score (nSPS) is 19.4. The van der Waals surface area contributed by atoms with Gasteiger partial charge in [-0.3, -0.25) is 0 Å². The van der Waals surface area contributed by atoms with Gasteiger partial charge >= 0.3 is 12.4 Å². The van der Waals surface area contributed by atoms with Gasteiger partial charge in [-0.05, 0) is 43.0 Å². The van der Waals surface area contributed by atoms with Crippen molar-refractivity contribution in [1.82, 2.24) is 4.98 Å². The molecule has 0 amide bonds. The van der Waals surface area contributed by atoms with Crippen LogP contribution in [0.15, 0.2) is 59.5 Å². The van der Waals surface area contributed by atoms with Crippen molar-refractivity contribution in [2.45, 2.75) is 53.6 Å². The molecule has 0 fully saturated rings. The van der Waals surface area contributed by atoms with E-state index >= 15 is 0 Å². The second-order valence-electron chi connectivity index (χ2n) is 8.61. The van der Waals surface area contributed by atoms with E-state index in [1.54, 1.807) is 18.2 Å². The number of hydrogen-bond acceptors (Lipinski definition) is 5. The number of hydrogen-bond donors (Lipinski definition) is 1. The Morgan fingerprint density at radius 3 is 2.06 bits per heavy atom. The first-order valence-corrected chi connectivity index (χ1v) is 12.7. The highest BCUT2D eigenvalue weighted by atomic mass is 32.2. The molecule has 0 saturated carbocycles. The summed E-state index contributed by atoms with van der Waals surface area (Å²) >= 11 is 1.12. The maximum absolute atomic E-state index is 13.9. The zero-order valence-electron chi connectivity index (χ0n) is 18.2. The van der Waals surface area contributed by atoms with E-state index in [-0.39, 0.29) is 41.8 Å². The van der Waals surface area contributed by atoms with E-state index in [1.165, 1.54) is 12.1 Å². The number of benzene rings is 2. The Balaban J connectivity index is 1.89. The second-order valence-corrected chi connectivity index (χ2v) is 12.0. The smallest absolute Gasteiger partial charge is 0.375 e. The van der Waals surface area contributed by atoms with E-state index in [4.69, 9.17) is 5.73 Å². The van der Waals surface area contributed by atoms with Crippen LogP contribution in [0.1, 0.15) is 35.0 Å². The number of nitrogens with zero attached hydrogens (tertiary/aromatic N) is 1. The minimum atomic E-state index is -5.61. The highest BCUT2D eigenvalue weighted by Crippen LogP contribution is 2.53. The summed E-state index contributed by atoms with van der Waals surface area (Å²) in [5.41, 5.74) is 1.41. The number of thiazole rings is 1. The van der Waals surface area contributed by atoms with Gasteiger partial charge in [-0.15, -0.1) is 11.3 Å². The number of nitrogen functional groups attached to an aromatic ring is 1. The van der Waals surface area contributed by atoms with Gasteiger partial charge in [0, 0.05) is 11.3 Å². The van der Waals surface area contributed by atoms with Gasteiger partial charge < -0.3 is 5.73 Å². The third-order valence-corrected chi connectivity index (χ3v) is 10.1. The van der Waals surface area contributed by atoms with Crippen LogP contribution in [0.5, 0.6) is 0 Å². The highest BCUT2D eigenvalue weighted by Gasteiger charge is 2.68. The standard InChI is InChI=1S/C23H20F6N2O2S2/c1-20(22(24,25)26,23(27,28)29)14-7-9-15(10-8-14)21(35(32,33)16-5-3-2-4-6-16)12-11-17-18(13-21)34-19(30)31-17/h2-10H,11-13H2,1H3,(H2,30,31). The minimum absolute atomic E-state index is 0.000403. The van der Waals surface area contributed by atoms with E-state index in [2.05, 4.69) is 4.98 Å². The van der Waals surface area contributed by atoms with Crippen LogP contribution in [0.3, 0.4) is 0 Å². The fourth-order valence-electron chi connectivity index (χ4n) is 4.46. The topological polar surface area (TPSA) is 73.0 Å². The zero-order valence-corrected chi connectivity index (χ0v) is 19.9. The van der Waals surface area contributed by atoms with Gasteiger partial charge in [-0.1, -0.05) is 42.5 Å². The molecular formula is C23H20F6N2O2S2. The van der Waals surface area contributed by atoms with Gasteiger partial charge in [0.25, 0.3) is 0 Å². The van der Waals surface area contributed by atoms with Crippen molar-refractivity contribution in [1.29, 1.82) is 0 Å². The molecule has 0 bridgehead atoms. The average Bonchev–Trinajstić information content (AvgIpc) is 3.16. The maximum Gasteiger partial charge on any atom is 0.406 e. The molecule has 2 aromatic carbocycles. The van der Waals surface area contributed by atoms with Crippen molar-refractivity contribution in [3.8, 4) is 0 Å². The molecule has 4 nitrogen and oxygen atoms in total. The lowest BCUT2D eigenvalue weighted by Gasteiger charge is -2.38.